The topological polar surface area (TPSA) is 24.7 Å². The lowest BCUT2D eigenvalue weighted by Gasteiger charge is -2.03. The van der Waals surface area contributed by atoms with E-state index in [1.807, 2.05) is 27.7 Å². The number of hydrogen-bond acceptors (Lipinski definition) is 2. The minimum Gasteiger partial charge on any atom is -0.156 e. The van der Waals surface area contributed by atoms with Crippen LogP contribution < -0.4 is 0 Å². The molecule has 0 saturated carbocycles. The van der Waals surface area contributed by atoms with Crippen LogP contribution >= 0.6 is 0 Å². The first-order valence-corrected chi connectivity index (χ1v) is 4.24. The molecule has 0 atom stereocenters. The molecule has 0 aromatic rings. The monoisotopic (exact) mass is 166 g/mol. The molecule has 0 fully saturated rings. The molecule has 2 heteroatoms. The molecule has 0 aromatic heterocycles. The Kier molecular flexibility index (Phi) is 4.49. The molecule has 2 nitrogen and oxygen atoms in total. The molecule has 0 unspecified atom stereocenters. The molecule has 0 N–H and O–H groups in total. The van der Waals surface area contributed by atoms with Gasteiger partial charge in [-0.1, -0.05) is 40.9 Å². The smallest absolute Gasteiger partial charge is 0.0584 e. The third kappa shape index (κ3) is 4.06. The number of rotatable bonds is 4. The highest BCUT2D eigenvalue weighted by molar-refractivity contribution is 4.98. The van der Waals surface area contributed by atoms with Gasteiger partial charge in [0.05, 0.1) is 11.4 Å². The minimum absolute atomic E-state index is 0.355. The third-order valence-corrected chi connectivity index (χ3v) is 1.64. The molecule has 0 amide bonds. The van der Waals surface area contributed by atoms with E-state index >= 15 is 0 Å². The van der Waals surface area contributed by atoms with Gasteiger partial charge >= 0.3 is 0 Å². The van der Waals surface area contributed by atoms with Crippen molar-refractivity contribution in [2.45, 2.75) is 27.7 Å². The van der Waals surface area contributed by atoms with E-state index < -0.39 is 0 Å². The molecular formula is C10H18N2. The van der Waals surface area contributed by atoms with Crippen LogP contribution in [0.3, 0.4) is 0 Å². The van der Waals surface area contributed by atoms with Gasteiger partial charge in [-0.05, 0) is 11.8 Å². The minimum atomic E-state index is 0.355. The van der Waals surface area contributed by atoms with E-state index in [-0.39, 0.29) is 0 Å². The van der Waals surface area contributed by atoms with E-state index in [9.17, 15) is 0 Å². The summed E-state index contributed by atoms with van der Waals surface area (Å²) in [7, 11) is 0. The van der Waals surface area contributed by atoms with E-state index in [2.05, 4.69) is 23.4 Å². The van der Waals surface area contributed by atoms with Gasteiger partial charge in [0.2, 0.25) is 0 Å². The number of nitrogens with zero attached hydrogens (tertiary/aromatic N) is 2. The lowest BCUT2D eigenvalue weighted by molar-refractivity contribution is 0.709. The van der Waals surface area contributed by atoms with Gasteiger partial charge < -0.3 is 0 Å². The van der Waals surface area contributed by atoms with E-state index in [1.54, 1.807) is 0 Å². The lowest BCUT2D eigenvalue weighted by atomic mass is 10.2. The van der Waals surface area contributed by atoms with Crippen molar-refractivity contribution < 1.29 is 0 Å². The fourth-order valence-corrected chi connectivity index (χ4v) is 0.359. The second-order valence-corrected chi connectivity index (χ2v) is 3.49. The van der Waals surface area contributed by atoms with Crippen LogP contribution in [0.25, 0.3) is 0 Å². The lowest BCUT2D eigenvalue weighted by Crippen LogP contribution is -1.90. The normalized spacial score (nSPS) is 11.5. The molecule has 0 heterocycles. The summed E-state index contributed by atoms with van der Waals surface area (Å²) >= 11 is 0. The van der Waals surface area contributed by atoms with Crippen molar-refractivity contribution >= 4 is 0 Å². The molecule has 0 aliphatic carbocycles. The Balaban J connectivity index is 4.08. The average molecular weight is 166 g/mol. The van der Waals surface area contributed by atoms with Crippen molar-refractivity contribution in [3.63, 3.8) is 0 Å². The van der Waals surface area contributed by atoms with Crippen LogP contribution in [-0.2, 0) is 0 Å². The van der Waals surface area contributed by atoms with Crippen LogP contribution in [-0.4, -0.2) is 0 Å². The Morgan fingerprint density at radius 3 is 1.25 bits per heavy atom. The van der Waals surface area contributed by atoms with Gasteiger partial charge in [-0.25, -0.2) is 0 Å². The Hall–Kier alpha value is -0.920. The first-order chi connectivity index (χ1) is 5.45. The molecule has 0 spiro atoms. The summed E-state index contributed by atoms with van der Waals surface area (Å²) in [5.74, 6) is 0.711. The van der Waals surface area contributed by atoms with Crippen molar-refractivity contribution in [3.8, 4) is 0 Å². The quantitative estimate of drug-likeness (QED) is 0.568. The number of azo groups is 1. The Bertz CT molecular complexity index is 178. The van der Waals surface area contributed by atoms with E-state index in [0.29, 0.717) is 11.8 Å². The molecule has 0 aliphatic heterocycles. The van der Waals surface area contributed by atoms with Crippen molar-refractivity contribution in [2.75, 3.05) is 0 Å². The Labute approximate surface area is 75.1 Å². The van der Waals surface area contributed by atoms with Gasteiger partial charge in [0, 0.05) is 0 Å². The maximum absolute atomic E-state index is 3.98. The summed E-state index contributed by atoms with van der Waals surface area (Å²) in [6.45, 7) is 15.7. The van der Waals surface area contributed by atoms with Crippen molar-refractivity contribution in [2.24, 2.45) is 22.1 Å². The van der Waals surface area contributed by atoms with Gasteiger partial charge in [0.15, 0.2) is 0 Å². The van der Waals surface area contributed by atoms with E-state index in [4.69, 9.17) is 0 Å². The predicted molar refractivity (Wildman–Crippen MR) is 52.8 cm³/mol. The summed E-state index contributed by atoms with van der Waals surface area (Å²) in [6, 6.07) is 0. The number of hydrogen-bond donors (Lipinski definition) is 0. The molecule has 0 aliphatic rings. The van der Waals surface area contributed by atoms with Gasteiger partial charge in [0.25, 0.3) is 0 Å². The fraction of sp³-hybridized carbons (Fsp3) is 0.600. The number of allylic oxidation sites excluding steroid dienone is 2. The van der Waals surface area contributed by atoms with Crippen LogP contribution in [0.2, 0.25) is 0 Å². The van der Waals surface area contributed by atoms with Crippen LogP contribution in [0.5, 0.6) is 0 Å². The largest absolute Gasteiger partial charge is 0.156 e. The Morgan fingerprint density at radius 2 is 1.08 bits per heavy atom. The predicted octanol–water partition coefficient (Wildman–Crippen LogP) is 3.78. The molecule has 0 aromatic carbocycles. The highest BCUT2D eigenvalue weighted by Gasteiger charge is 1.99. The maximum atomic E-state index is 3.98. The molecular weight excluding hydrogens is 148 g/mol. The third-order valence-electron chi connectivity index (χ3n) is 1.64. The van der Waals surface area contributed by atoms with Crippen molar-refractivity contribution in [3.05, 3.63) is 24.6 Å². The second kappa shape index (κ2) is 4.86. The van der Waals surface area contributed by atoms with Crippen molar-refractivity contribution in [1.29, 1.82) is 0 Å². The molecule has 0 bridgehead atoms. The summed E-state index contributed by atoms with van der Waals surface area (Å²) in [6.07, 6.45) is 0. The second-order valence-electron chi connectivity index (χ2n) is 3.49. The summed E-state index contributed by atoms with van der Waals surface area (Å²) in [4.78, 5) is 0. The molecule has 0 radical (unpaired) electrons. The van der Waals surface area contributed by atoms with E-state index in [1.165, 1.54) is 0 Å². The van der Waals surface area contributed by atoms with Gasteiger partial charge in [-0.3, -0.25) is 0 Å². The zero-order valence-electron chi connectivity index (χ0n) is 8.46. The first-order valence-electron chi connectivity index (χ1n) is 4.24. The highest BCUT2D eigenvalue weighted by atomic mass is 15.1. The molecule has 68 valence electrons. The van der Waals surface area contributed by atoms with Crippen LogP contribution in [0.1, 0.15) is 27.7 Å². The summed E-state index contributed by atoms with van der Waals surface area (Å²) in [5, 5.41) is 7.95. The molecule has 0 saturated heterocycles. The van der Waals surface area contributed by atoms with Crippen LogP contribution in [0, 0.1) is 11.8 Å². The summed E-state index contributed by atoms with van der Waals surface area (Å²) < 4.78 is 0. The maximum Gasteiger partial charge on any atom is 0.0584 e. The molecule has 12 heavy (non-hydrogen) atoms. The van der Waals surface area contributed by atoms with Gasteiger partial charge in [-0.2, -0.15) is 10.2 Å². The fourth-order valence-electron chi connectivity index (χ4n) is 0.359. The van der Waals surface area contributed by atoms with Gasteiger partial charge in [0.1, 0.15) is 0 Å². The standard InChI is InChI=1S/C10H18N2/c1-7(2)9(5)11-12-10(6)8(3)4/h7-8H,5-6H2,1-4H3. The van der Waals surface area contributed by atoms with Crippen molar-refractivity contribution in [1.82, 2.24) is 0 Å². The highest BCUT2D eigenvalue weighted by Crippen LogP contribution is 2.13. The van der Waals surface area contributed by atoms with Crippen LogP contribution in [0.4, 0.5) is 0 Å². The summed E-state index contributed by atoms with van der Waals surface area (Å²) in [5.41, 5.74) is 1.61. The average Bonchev–Trinajstić information content (AvgIpc) is 1.98. The molecule has 0 rings (SSSR count). The zero-order chi connectivity index (χ0) is 9.72. The SMILES string of the molecule is C=C(N=NC(=C)C(C)C)C(C)C. The van der Waals surface area contributed by atoms with Crippen LogP contribution in [0.15, 0.2) is 34.8 Å². The first kappa shape index (κ1) is 11.1. The van der Waals surface area contributed by atoms with E-state index in [0.717, 1.165) is 11.4 Å². The van der Waals surface area contributed by atoms with Gasteiger partial charge in [-0.15, -0.1) is 0 Å². The Morgan fingerprint density at radius 1 is 0.833 bits per heavy atom. The zero-order valence-corrected chi connectivity index (χ0v) is 8.46.